The maximum absolute atomic E-state index is 5.65. The van der Waals surface area contributed by atoms with Crippen LogP contribution in [-0.2, 0) is 4.74 Å². The fraction of sp³-hybridized carbons (Fsp3) is 0.250. The molecule has 0 bridgehead atoms. The SMILES string of the molecule is COC(C)COc1ccc2ccc3cccnc3c2n1. The van der Waals surface area contributed by atoms with Gasteiger partial charge in [0.05, 0.1) is 11.6 Å². The second kappa shape index (κ2) is 5.43. The fourth-order valence-corrected chi connectivity index (χ4v) is 2.06. The minimum atomic E-state index is 0.0399. The van der Waals surface area contributed by atoms with Gasteiger partial charge in [0.1, 0.15) is 12.1 Å². The Bertz CT molecular complexity index is 743. The van der Waals surface area contributed by atoms with E-state index in [1.807, 2.05) is 37.3 Å². The van der Waals surface area contributed by atoms with E-state index in [1.165, 1.54) is 0 Å². The third-order valence-electron chi connectivity index (χ3n) is 3.27. The van der Waals surface area contributed by atoms with Crippen molar-refractivity contribution in [1.29, 1.82) is 0 Å². The maximum atomic E-state index is 5.65. The van der Waals surface area contributed by atoms with E-state index >= 15 is 0 Å². The summed E-state index contributed by atoms with van der Waals surface area (Å²) in [5.41, 5.74) is 1.76. The van der Waals surface area contributed by atoms with Crippen LogP contribution < -0.4 is 4.74 Å². The number of fused-ring (bicyclic) bond motifs is 3. The Labute approximate surface area is 117 Å². The Morgan fingerprint density at radius 2 is 1.80 bits per heavy atom. The third kappa shape index (κ3) is 2.42. The molecule has 0 aliphatic carbocycles. The zero-order valence-corrected chi connectivity index (χ0v) is 11.5. The Morgan fingerprint density at radius 1 is 1.05 bits per heavy atom. The Kier molecular flexibility index (Phi) is 3.48. The summed E-state index contributed by atoms with van der Waals surface area (Å²) in [7, 11) is 1.67. The van der Waals surface area contributed by atoms with Gasteiger partial charge in [-0.1, -0.05) is 18.2 Å². The number of aromatic nitrogens is 2. The molecule has 20 heavy (non-hydrogen) atoms. The van der Waals surface area contributed by atoms with Gasteiger partial charge in [-0.25, -0.2) is 4.98 Å². The van der Waals surface area contributed by atoms with Crippen LogP contribution in [-0.4, -0.2) is 29.8 Å². The van der Waals surface area contributed by atoms with Crippen LogP contribution >= 0.6 is 0 Å². The number of rotatable bonds is 4. The van der Waals surface area contributed by atoms with Crippen LogP contribution in [0.25, 0.3) is 21.8 Å². The molecular weight excluding hydrogens is 252 g/mol. The molecule has 2 heterocycles. The molecule has 1 aromatic carbocycles. The van der Waals surface area contributed by atoms with Crippen molar-refractivity contribution in [1.82, 2.24) is 9.97 Å². The molecule has 0 fully saturated rings. The number of benzene rings is 1. The van der Waals surface area contributed by atoms with Crippen LogP contribution in [0.15, 0.2) is 42.6 Å². The van der Waals surface area contributed by atoms with Crippen molar-refractivity contribution in [2.45, 2.75) is 13.0 Å². The first kappa shape index (κ1) is 12.8. The highest BCUT2D eigenvalue weighted by atomic mass is 16.5. The van der Waals surface area contributed by atoms with E-state index in [-0.39, 0.29) is 6.10 Å². The second-order valence-corrected chi connectivity index (χ2v) is 4.72. The summed E-state index contributed by atoms with van der Waals surface area (Å²) in [5.74, 6) is 0.597. The van der Waals surface area contributed by atoms with Gasteiger partial charge in [-0.2, -0.15) is 0 Å². The summed E-state index contributed by atoms with van der Waals surface area (Å²) in [6.45, 7) is 2.44. The summed E-state index contributed by atoms with van der Waals surface area (Å²) < 4.78 is 10.8. The van der Waals surface area contributed by atoms with Gasteiger partial charge in [0, 0.05) is 30.1 Å². The normalized spacial score (nSPS) is 12.7. The van der Waals surface area contributed by atoms with Crippen molar-refractivity contribution < 1.29 is 9.47 Å². The number of pyridine rings is 2. The van der Waals surface area contributed by atoms with Crippen molar-refractivity contribution in [3.8, 4) is 5.88 Å². The number of methoxy groups -OCH3 is 1. The molecule has 0 aliphatic heterocycles. The van der Waals surface area contributed by atoms with Gasteiger partial charge in [-0.05, 0) is 19.1 Å². The van der Waals surface area contributed by atoms with E-state index < -0.39 is 0 Å². The van der Waals surface area contributed by atoms with Gasteiger partial charge in [0.25, 0.3) is 0 Å². The monoisotopic (exact) mass is 268 g/mol. The van der Waals surface area contributed by atoms with Crippen LogP contribution in [0.5, 0.6) is 5.88 Å². The third-order valence-corrected chi connectivity index (χ3v) is 3.27. The molecule has 1 atom stereocenters. The average Bonchev–Trinajstić information content (AvgIpc) is 2.52. The molecule has 4 heteroatoms. The lowest BCUT2D eigenvalue weighted by molar-refractivity contribution is 0.0701. The summed E-state index contributed by atoms with van der Waals surface area (Å²) in [6.07, 6.45) is 1.82. The van der Waals surface area contributed by atoms with Crippen LogP contribution in [0.2, 0.25) is 0 Å². The molecule has 0 spiro atoms. The van der Waals surface area contributed by atoms with Crippen molar-refractivity contribution in [3.63, 3.8) is 0 Å². The first-order valence-electron chi connectivity index (χ1n) is 6.58. The average molecular weight is 268 g/mol. The molecule has 1 unspecified atom stereocenters. The van der Waals surface area contributed by atoms with E-state index in [0.29, 0.717) is 12.5 Å². The summed E-state index contributed by atoms with van der Waals surface area (Å²) >= 11 is 0. The van der Waals surface area contributed by atoms with Gasteiger partial charge in [0.2, 0.25) is 5.88 Å². The first-order chi connectivity index (χ1) is 9.78. The molecule has 0 N–H and O–H groups in total. The summed E-state index contributed by atoms with van der Waals surface area (Å²) in [4.78, 5) is 8.99. The van der Waals surface area contributed by atoms with Gasteiger partial charge in [-0.15, -0.1) is 0 Å². The van der Waals surface area contributed by atoms with Crippen molar-refractivity contribution >= 4 is 21.8 Å². The molecule has 3 aromatic rings. The highest BCUT2D eigenvalue weighted by molar-refractivity contribution is 6.02. The van der Waals surface area contributed by atoms with Crippen LogP contribution in [0.4, 0.5) is 0 Å². The molecule has 0 aliphatic rings. The first-order valence-corrected chi connectivity index (χ1v) is 6.58. The lowest BCUT2D eigenvalue weighted by Crippen LogP contribution is -2.16. The lowest BCUT2D eigenvalue weighted by atomic mass is 10.1. The van der Waals surface area contributed by atoms with E-state index in [2.05, 4.69) is 16.0 Å². The smallest absolute Gasteiger partial charge is 0.213 e. The standard InChI is InChI=1S/C16H16N2O2/c1-11(19-2)10-20-14-8-7-13-6-5-12-4-3-9-17-15(12)16(13)18-14/h3-9,11H,10H2,1-2H3. The number of hydrogen-bond donors (Lipinski definition) is 0. The van der Waals surface area contributed by atoms with Crippen molar-refractivity contribution in [2.24, 2.45) is 0 Å². The Balaban J connectivity index is 2.02. The summed E-state index contributed by atoms with van der Waals surface area (Å²) in [5, 5.41) is 2.14. The van der Waals surface area contributed by atoms with Crippen LogP contribution in [0.1, 0.15) is 6.92 Å². The largest absolute Gasteiger partial charge is 0.475 e. The van der Waals surface area contributed by atoms with Crippen LogP contribution in [0.3, 0.4) is 0 Å². The zero-order valence-electron chi connectivity index (χ0n) is 11.5. The van der Waals surface area contributed by atoms with Gasteiger partial charge < -0.3 is 9.47 Å². The van der Waals surface area contributed by atoms with E-state index in [9.17, 15) is 0 Å². The number of nitrogens with zero attached hydrogens (tertiary/aromatic N) is 2. The number of ether oxygens (including phenoxy) is 2. The quantitative estimate of drug-likeness (QED) is 0.682. The predicted molar refractivity (Wildman–Crippen MR) is 79.0 cm³/mol. The second-order valence-electron chi connectivity index (χ2n) is 4.72. The molecule has 4 nitrogen and oxygen atoms in total. The molecule has 0 saturated heterocycles. The Hall–Kier alpha value is -2.20. The Morgan fingerprint density at radius 3 is 2.60 bits per heavy atom. The van der Waals surface area contributed by atoms with E-state index in [0.717, 1.165) is 21.8 Å². The minimum Gasteiger partial charge on any atom is -0.475 e. The van der Waals surface area contributed by atoms with Crippen molar-refractivity contribution in [3.05, 3.63) is 42.6 Å². The van der Waals surface area contributed by atoms with Gasteiger partial charge in [-0.3, -0.25) is 4.98 Å². The minimum absolute atomic E-state index is 0.0399. The molecule has 3 rings (SSSR count). The zero-order chi connectivity index (χ0) is 13.9. The molecule has 0 saturated carbocycles. The molecule has 0 amide bonds. The molecule has 2 aromatic heterocycles. The van der Waals surface area contributed by atoms with Crippen molar-refractivity contribution in [2.75, 3.05) is 13.7 Å². The topological polar surface area (TPSA) is 44.2 Å². The summed E-state index contributed by atoms with van der Waals surface area (Å²) in [6, 6.07) is 11.9. The number of hydrogen-bond acceptors (Lipinski definition) is 4. The maximum Gasteiger partial charge on any atom is 0.213 e. The molecular formula is C16H16N2O2. The van der Waals surface area contributed by atoms with E-state index in [4.69, 9.17) is 9.47 Å². The highest BCUT2D eigenvalue weighted by Gasteiger charge is 2.06. The van der Waals surface area contributed by atoms with Gasteiger partial charge >= 0.3 is 0 Å². The van der Waals surface area contributed by atoms with Crippen LogP contribution in [0, 0.1) is 0 Å². The lowest BCUT2D eigenvalue weighted by Gasteiger charge is -2.11. The fourth-order valence-electron chi connectivity index (χ4n) is 2.06. The molecule has 102 valence electrons. The van der Waals surface area contributed by atoms with E-state index in [1.54, 1.807) is 13.3 Å². The highest BCUT2D eigenvalue weighted by Crippen LogP contribution is 2.24. The predicted octanol–water partition coefficient (Wildman–Crippen LogP) is 3.20. The molecule has 0 radical (unpaired) electrons. The van der Waals surface area contributed by atoms with Gasteiger partial charge in [0.15, 0.2) is 0 Å².